The maximum Gasteiger partial charge on any atom is 0.352 e. The van der Waals surface area contributed by atoms with Gasteiger partial charge in [0.05, 0.1) is 4.92 Å². The Morgan fingerprint density at radius 1 is 1.67 bits per heavy atom. The third-order valence-corrected chi connectivity index (χ3v) is 2.46. The molecular formula is C8H11N5O2. The Labute approximate surface area is 85.9 Å². The van der Waals surface area contributed by atoms with Crippen LogP contribution in [0, 0.1) is 16.0 Å². The van der Waals surface area contributed by atoms with E-state index in [1.54, 1.807) is 0 Å². The Hall–Kier alpha value is -1.92. The van der Waals surface area contributed by atoms with Crippen LogP contribution in [0.5, 0.6) is 0 Å². The molecule has 7 heteroatoms. The SMILES string of the molecule is CC1CC1Nc1ncnc(N)c1[N+](=O)[O-]. The Bertz CT molecular complexity index is 408. The highest BCUT2D eigenvalue weighted by Crippen LogP contribution is 2.35. The standard InChI is InChI=1S/C8H11N5O2/c1-4-2-5(4)12-8-6(13(14)15)7(9)10-3-11-8/h3-5H,2H2,1H3,(H3,9,10,11,12). The van der Waals surface area contributed by atoms with Crippen molar-refractivity contribution < 1.29 is 4.92 Å². The highest BCUT2D eigenvalue weighted by Gasteiger charge is 2.35. The van der Waals surface area contributed by atoms with E-state index in [4.69, 9.17) is 5.73 Å². The van der Waals surface area contributed by atoms with E-state index in [1.807, 2.05) is 0 Å². The minimum Gasteiger partial charge on any atom is -0.378 e. The van der Waals surface area contributed by atoms with Gasteiger partial charge in [-0.1, -0.05) is 6.92 Å². The average molecular weight is 209 g/mol. The highest BCUT2D eigenvalue weighted by molar-refractivity contribution is 5.67. The van der Waals surface area contributed by atoms with Crippen LogP contribution in [0.15, 0.2) is 6.33 Å². The molecule has 2 unspecified atom stereocenters. The Morgan fingerprint density at radius 3 is 2.87 bits per heavy atom. The molecule has 1 aliphatic carbocycles. The number of hydrogen-bond donors (Lipinski definition) is 2. The number of nitrogen functional groups attached to an aromatic ring is 1. The summed E-state index contributed by atoms with van der Waals surface area (Å²) >= 11 is 0. The predicted molar refractivity (Wildman–Crippen MR) is 54.3 cm³/mol. The number of nitrogens with one attached hydrogen (secondary N) is 1. The molecule has 2 atom stereocenters. The predicted octanol–water partition coefficient (Wildman–Crippen LogP) is 0.787. The molecule has 15 heavy (non-hydrogen) atoms. The average Bonchev–Trinajstić information content (AvgIpc) is 2.81. The van der Waals surface area contributed by atoms with E-state index in [2.05, 4.69) is 22.2 Å². The molecule has 2 rings (SSSR count). The minimum atomic E-state index is -0.565. The Morgan fingerprint density at radius 2 is 2.33 bits per heavy atom. The fourth-order valence-corrected chi connectivity index (χ4v) is 1.38. The van der Waals surface area contributed by atoms with Crippen LogP contribution in [0.2, 0.25) is 0 Å². The number of anilines is 2. The third kappa shape index (κ3) is 1.80. The Balaban J connectivity index is 2.29. The summed E-state index contributed by atoms with van der Waals surface area (Å²) in [4.78, 5) is 17.6. The second kappa shape index (κ2) is 3.34. The molecule has 0 aromatic carbocycles. The maximum absolute atomic E-state index is 10.7. The zero-order valence-electron chi connectivity index (χ0n) is 8.17. The first kappa shape index (κ1) is 9.63. The minimum absolute atomic E-state index is 0.106. The van der Waals surface area contributed by atoms with Crippen molar-refractivity contribution in [2.75, 3.05) is 11.1 Å². The number of aromatic nitrogens is 2. The van der Waals surface area contributed by atoms with Gasteiger partial charge in [0.2, 0.25) is 11.6 Å². The first-order chi connectivity index (χ1) is 7.09. The van der Waals surface area contributed by atoms with Crippen molar-refractivity contribution in [2.45, 2.75) is 19.4 Å². The third-order valence-electron chi connectivity index (χ3n) is 2.46. The molecule has 0 spiro atoms. The fraction of sp³-hybridized carbons (Fsp3) is 0.500. The van der Waals surface area contributed by atoms with E-state index >= 15 is 0 Å². The molecule has 1 fully saturated rings. The summed E-state index contributed by atoms with van der Waals surface area (Å²) in [6, 6.07) is 0.262. The van der Waals surface area contributed by atoms with Crippen LogP contribution in [0.4, 0.5) is 17.3 Å². The van der Waals surface area contributed by atoms with Gasteiger partial charge in [-0.25, -0.2) is 9.97 Å². The normalized spacial score (nSPS) is 23.5. The molecule has 7 nitrogen and oxygen atoms in total. The van der Waals surface area contributed by atoms with Crippen LogP contribution < -0.4 is 11.1 Å². The van der Waals surface area contributed by atoms with E-state index in [0.717, 1.165) is 6.42 Å². The topological polar surface area (TPSA) is 107 Å². The van der Waals surface area contributed by atoms with Crippen molar-refractivity contribution in [2.24, 2.45) is 5.92 Å². The lowest BCUT2D eigenvalue weighted by molar-refractivity contribution is -0.383. The molecule has 0 saturated heterocycles. The molecular weight excluding hydrogens is 198 g/mol. The van der Waals surface area contributed by atoms with E-state index in [9.17, 15) is 10.1 Å². The Kier molecular flexibility index (Phi) is 2.14. The van der Waals surface area contributed by atoms with Crippen LogP contribution in [-0.4, -0.2) is 20.9 Å². The lowest BCUT2D eigenvalue weighted by Crippen LogP contribution is -2.10. The first-order valence-electron chi connectivity index (χ1n) is 4.61. The van der Waals surface area contributed by atoms with Crippen molar-refractivity contribution >= 4 is 17.3 Å². The largest absolute Gasteiger partial charge is 0.378 e. The zero-order valence-corrected chi connectivity index (χ0v) is 8.17. The first-order valence-corrected chi connectivity index (χ1v) is 4.61. The van der Waals surface area contributed by atoms with Gasteiger partial charge in [-0.05, 0) is 12.3 Å². The monoisotopic (exact) mass is 209 g/mol. The second-order valence-electron chi connectivity index (χ2n) is 3.68. The molecule has 80 valence electrons. The van der Waals surface area contributed by atoms with Crippen LogP contribution in [0.1, 0.15) is 13.3 Å². The molecule has 1 aromatic heterocycles. The molecule has 1 saturated carbocycles. The summed E-state index contributed by atoms with van der Waals surface area (Å²) < 4.78 is 0. The highest BCUT2D eigenvalue weighted by atomic mass is 16.6. The fourth-order valence-electron chi connectivity index (χ4n) is 1.38. The van der Waals surface area contributed by atoms with Crippen molar-refractivity contribution in [1.82, 2.24) is 9.97 Å². The van der Waals surface area contributed by atoms with Crippen molar-refractivity contribution in [3.8, 4) is 0 Å². The summed E-state index contributed by atoms with van der Waals surface area (Å²) in [5.41, 5.74) is 5.18. The molecule has 0 radical (unpaired) electrons. The zero-order chi connectivity index (χ0) is 11.0. The molecule has 1 aromatic rings. The molecule has 0 amide bonds. The summed E-state index contributed by atoms with van der Waals surface area (Å²) in [7, 11) is 0. The van der Waals surface area contributed by atoms with Gasteiger partial charge in [0.25, 0.3) is 0 Å². The van der Waals surface area contributed by atoms with Gasteiger partial charge in [0, 0.05) is 6.04 Å². The lowest BCUT2D eigenvalue weighted by Gasteiger charge is -2.05. The smallest absolute Gasteiger partial charge is 0.352 e. The molecule has 1 aliphatic rings. The number of rotatable bonds is 3. The van der Waals surface area contributed by atoms with Gasteiger partial charge in [-0.15, -0.1) is 0 Å². The van der Waals surface area contributed by atoms with Gasteiger partial charge in [0.15, 0.2) is 0 Å². The summed E-state index contributed by atoms with van der Waals surface area (Å²) in [6.07, 6.45) is 2.22. The van der Waals surface area contributed by atoms with Crippen LogP contribution >= 0.6 is 0 Å². The van der Waals surface area contributed by atoms with E-state index in [1.165, 1.54) is 6.33 Å². The molecule has 0 aliphatic heterocycles. The van der Waals surface area contributed by atoms with Gasteiger partial charge < -0.3 is 11.1 Å². The summed E-state index contributed by atoms with van der Waals surface area (Å²) in [5, 5.41) is 13.7. The van der Waals surface area contributed by atoms with E-state index in [-0.39, 0.29) is 23.4 Å². The quantitative estimate of drug-likeness (QED) is 0.562. The van der Waals surface area contributed by atoms with Gasteiger partial charge in [0.1, 0.15) is 6.33 Å². The van der Waals surface area contributed by atoms with Gasteiger partial charge in [-0.3, -0.25) is 10.1 Å². The van der Waals surface area contributed by atoms with Crippen molar-refractivity contribution in [3.05, 3.63) is 16.4 Å². The van der Waals surface area contributed by atoms with Gasteiger partial charge in [-0.2, -0.15) is 0 Å². The van der Waals surface area contributed by atoms with Crippen molar-refractivity contribution in [1.29, 1.82) is 0 Å². The number of nitrogens with zero attached hydrogens (tertiary/aromatic N) is 3. The van der Waals surface area contributed by atoms with E-state index in [0.29, 0.717) is 5.92 Å². The number of hydrogen-bond acceptors (Lipinski definition) is 6. The molecule has 0 bridgehead atoms. The van der Waals surface area contributed by atoms with Crippen molar-refractivity contribution in [3.63, 3.8) is 0 Å². The number of nitrogens with two attached hydrogens (primary N) is 1. The second-order valence-corrected chi connectivity index (χ2v) is 3.68. The lowest BCUT2D eigenvalue weighted by atomic mass is 10.4. The summed E-state index contributed by atoms with van der Waals surface area (Å²) in [6.45, 7) is 2.06. The van der Waals surface area contributed by atoms with E-state index < -0.39 is 4.92 Å². The molecule has 1 heterocycles. The maximum atomic E-state index is 10.7. The van der Waals surface area contributed by atoms with Gasteiger partial charge >= 0.3 is 5.69 Å². The summed E-state index contributed by atoms with van der Waals surface area (Å²) in [5.74, 6) is 0.633. The number of nitro groups is 1. The van der Waals surface area contributed by atoms with Crippen LogP contribution in [0.3, 0.4) is 0 Å². The van der Waals surface area contributed by atoms with Crippen LogP contribution in [-0.2, 0) is 0 Å². The van der Waals surface area contributed by atoms with Crippen LogP contribution in [0.25, 0.3) is 0 Å². The molecule has 3 N–H and O–H groups in total.